The van der Waals surface area contributed by atoms with Crippen molar-refractivity contribution in [2.24, 2.45) is 13.0 Å². The molecule has 2 aromatic rings. The second kappa shape index (κ2) is 7.93. The Labute approximate surface area is 159 Å². The summed E-state index contributed by atoms with van der Waals surface area (Å²) in [6.45, 7) is 0. The van der Waals surface area contributed by atoms with Crippen molar-refractivity contribution >= 4 is 33.2 Å². The second-order valence-electron chi connectivity index (χ2n) is 6.39. The van der Waals surface area contributed by atoms with Gasteiger partial charge in [-0.1, -0.05) is 11.8 Å². The van der Waals surface area contributed by atoms with Gasteiger partial charge < -0.3 is 9.88 Å². The molecule has 0 radical (unpaired) electrons. The molecule has 27 heavy (non-hydrogen) atoms. The van der Waals surface area contributed by atoms with E-state index in [1.165, 1.54) is 0 Å². The first-order chi connectivity index (χ1) is 12.7. The van der Waals surface area contributed by atoms with Crippen LogP contribution in [0, 0.1) is 17.6 Å². The molecule has 2 heterocycles. The number of nitrogens with zero attached hydrogens (tertiary/aromatic N) is 3. The first-order valence-corrected chi connectivity index (χ1v) is 11.0. The molecule has 0 bridgehead atoms. The minimum Gasteiger partial charge on any atom is -0.323 e. The molecule has 1 amide bonds. The SMILES string of the molecule is Cn1c(C[C@@H]2CCS(=O)(=O)C2)nnc1SCC(=O)Nc1cc(F)ccc1F. The van der Waals surface area contributed by atoms with E-state index >= 15 is 0 Å². The molecule has 0 saturated carbocycles. The summed E-state index contributed by atoms with van der Waals surface area (Å²) in [5.74, 6) is -0.895. The highest BCUT2D eigenvalue weighted by molar-refractivity contribution is 7.99. The van der Waals surface area contributed by atoms with Crippen molar-refractivity contribution in [2.75, 3.05) is 22.6 Å². The molecule has 1 aromatic carbocycles. The highest BCUT2D eigenvalue weighted by Gasteiger charge is 2.29. The Morgan fingerprint density at radius 3 is 2.85 bits per heavy atom. The van der Waals surface area contributed by atoms with E-state index in [4.69, 9.17) is 0 Å². The fourth-order valence-electron chi connectivity index (χ4n) is 2.85. The molecular formula is C16H18F2N4O3S2. The van der Waals surface area contributed by atoms with Crippen LogP contribution >= 0.6 is 11.8 Å². The summed E-state index contributed by atoms with van der Waals surface area (Å²) in [4.78, 5) is 12.0. The van der Waals surface area contributed by atoms with Crippen molar-refractivity contribution in [3.8, 4) is 0 Å². The van der Waals surface area contributed by atoms with Crippen molar-refractivity contribution in [3.63, 3.8) is 0 Å². The number of hydrogen-bond donors (Lipinski definition) is 1. The molecule has 3 rings (SSSR count). The third-order valence-electron chi connectivity index (χ3n) is 4.26. The van der Waals surface area contributed by atoms with E-state index in [0.717, 1.165) is 30.0 Å². The maximum Gasteiger partial charge on any atom is 0.234 e. The lowest BCUT2D eigenvalue weighted by Gasteiger charge is -2.08. The fourth-order valence-corrected chi connectivity index (χ4v) is 5.44. The molecule has 0 unspecified atom stereocenters. The molecule has 11 heteroatoms. The van der Waals surface area contributed by atoms with E-state index in [-0.39, 0.29) is 28.9 Å². The first kappa shape index (κ1) is 19.7. The number of amides is 1. The van der Waals surface area contributed by atoms with Crippen molar-refractivity contribution in [1.29, 1.82) is 0 Å². The van der Waals surface area contributed by atoms with E-state index in [2.05, 4.69) is 15.5 Å². The molecule has 1 aliphatic rings. The molecule has 1 aliphatic heterocycles. The van der Waals surface area contributed by atoms with Crippen molar-refractivity contribution in [3.05, 3.63) is 35.7 Å². The van der Waals surface area contributed by atoms with Crippen LogP contribution in [0.2, 0.25) is 0 Å². The molecule has 1 fully saturated rings. The molecule has 146 valence electrons. The quantitative estimate of drug-likeness (QED) is 0.722. The monoisotopic (exact) mass is 416 g/mol. The number of anilines is 1. The fraction of sp³-hybridized carbons (Fsp3) is 0.438. The molecule has 1 atom stereocenters. The Kier molecular flexibility index (Phi) is 5.80. The third-order valence-corrected chi connectivity index (χ3v) is 7.12. The molecule has 1 saturated heterocycles. The average Bonchev–Trinajstić information content (AvgIpc) is 3.12. The van der Waals surface area contributed by atoms with Gasteiger partial charge in [0.2, 0.25) is 5.91 Å². The van der Waals surface area contributed by atoms with Gasteiger partial charge in [-0.25, -0.2) is 17.2 Å². The number of sulfone groups is 1. The number of aromatic nitrogens is 3. The van der Waals surface area contributed by atoms with Gasteiger partial charge in [0.1, 0.15) is 17.5 Å². The summed E-state index contributed by atoms with van der Waals surface area (Å²) in [5.41, 5.74) is -0.221. The number of carbonyl (C=O) groups excluding carboxylic acids is 1. The lowest BCUT2D eigenvalue weighted by atomic mass is 10.1. The topological polar surface area (TPSA) is 93.9 Å². The van der Waals surface area contributed by atoms with E-state index in [1.807, 2.05) is 0 Å². The molecule has 0 spiro atoms. The number of halogens is 2. The van der Waals surface area contributed by atoms with E-state index in [1.54, 1.807) is 11.6 Å². The minimum absolute atomic E-state index is 0.0231. The zero-order chi connectivity index (χ0) is 19.6. The van der Waals surface area contributed by atoms with Gasteiger partial charge in [-0.05, 0) is 24.5 Å². The third kappa shape index (κ3) is 5.04. The van der Waals surface area contributed by atoms with Crippen LogP contribution < -0.4 is 5.32 Å². The van der Waals surface area contributed by atoms with Crippen LogP contribution in [0.5, 0.6) is 0 Å². The summed E-state index contributed by atoms with van der Waals surface area (Å²) in [6.07, 6.45) is 1.11. The zero-order valence-corrected chi connectivity index (χ0v) is 16.1. The van der Waals surface area contributed by atoms with Crippen LogP contribution in [-0.2, 0) is 28.1 Å². The Balaban J connectivity index is 1.56. The summed E-state index contributed by atoms with van der Waals surface area (Å²) in [5, 5.41) is 10.9. The largest absolute Gasteiger partial charge is 0.323 e. The van der Waals surface area contributed by atoms with Crippen LogP contribution in [0.3, 0.4) is 0 Å². The summed E-state index contributed by atoms with van der Waals surface area (Å²) in [6, 6.07) is 2.82. The number of hydrogen-bond acceptors (Lipinski definition) is 6. The Morgan fingerprint density at radius 2 is 2.15 bits per heavy atom. The maximum absolute atomic E-state index is 13.6. The van der Waals surface area contributed by atoms with Gasteiger partial charge in [0.15, 0.2) is 15.0 Å². The molecule has 1 aromatic heterocycles. The zero-order valence-electron chi connectivity index (χ0n) is 14.5. The van der Waals surface area contributed by atoms with Gasteiger partial charge in [0.25, 0.3) is 0 Å². The lowest BCUT2D eigenvalue weighted by molar-refractivity contribution is -0.113. The van der Waals surface area contributed by atoms with Gasteiger partial charge in [0.05, 0.1) is 22.9 Å². The van der Waals surface area contributed by atoms with Gasteiger partial charge in [-0.2, -0.15) is 0 Å². The smallest absolute Gasteiger partial charge is 0.234 e. The van der Waals surface area contributed by atoms with Crippen molar-refractivity contribution in [1.82, 2.24) is 14.8 Å². The predicted molar refractivity (Wildman–Crippen MR) is 97.2 cm³/mol. The first-order valence-electron chi connectivity index (χ1n) is 8.20. The predicted octanol–water partition coefficient (Wildman–Crippen LogP) is 1.80. The van der Waals surface area contributed by atoms with Gasteiger partial charge in [0, 0.05) is 19.5 Å². The van der Waals surface area contributed by atoms with E-state index in [9.17, 15) is 22.0 Å². The van der Waals surface area contributed by atoms with Crippen LogP contribution in [0.15, 0.2) is 23.4 Å². The molecular weight excluding hydrogens is 398 g/mol. The molecule has 1 N–H and O–H groups in total. The summed E-state index contributed by atoms with van der Waals surface area (Å²) >= 11 is 1.11. The Bertz CT molecular complexity index is 963. The normalized spacial score (nSPS) is 18.6. The van der Waals surface area contributed by atoms with Crippen LogP contribution in [0.4, 0.5) is 14.5 Å². The summed E-state index contributed by atoms with van der Waals surface area (Å²) < 4.78 is 51.5. The van der Waals surface area contributed by atoms with Crippen LogP contribution in [-0.4, -0.2) is 46.3 Å². The average molecular weight is 416 g/mol. The number of carbonyl (C=O) groups is 1. The lowest BCUT2D eigenvalue weighted by Crippen LogP contribution is -2.16. The van der Waals surface area contributed by atoms with Crippen molar-refractivity contribution < 1.29 is 22.0 Å². The highest BCUT2D eigenvalue weighted by Crippen LogP contribution is 2.24. The summed E-state index contributed by atoms with van der Waals surface area (Å²) in [7, 11) is -1.21. The Morgan fingerprint density at radius 1 is 1.37 bits per heavy atom. The number of thioether (sulfide) groups is 1. The van der Waals surface area contributed by atoms with Crippen LogP contribution in [0.1, 0.15) is 12.2 Å². The number of nitrogens with one attached hydrogen (secondary N) is 1. The maximum atomic E-state index is 13.6. The standard InChI is InChI=1S/C16H18F2N4O3S2/c1-22-14(6-10-4-5-27(24,25)9-10)20-21-16(22)26-8-15(23)19-13-7-11(17)2-3-12(13)18/h2-3,7,10H,4-6,8-9H2,1H3,(H,19,23)/t10-/m0/s1. The van der Waals surface area contributed by atoms with Gasteiger partial charge in [-0.15, -0.1) is 10.2 Å². The van der Waals surface area contributed by atoms with Gasteiger partial charge in [-0.3, -0.25) is 4.79 Å². The Hall–Kier alpha value is -2.01. The van der Waals surface area contributed by atoms with Crippen LogP contribution in [0.25, 0.3) is 0 Å². The molecule has 0 aliphatic carbocycles. The second-order valence-corrected chi connectivity index (χ2v) is 9.56. The van der Waals surface area contributed by atoms with E-state index < -0.39 is 27.4 Å². The minimum atomic E-state index is -2.95. The van der Waals surface area contributed by atoms with Gasteiger partial charge >= 0.3 is 0 Å². The molecule has 7 nitrogen and oxygen atoms in total. The van der Waals surface area contributed by atoms with Crippen molar-refractivity contribution in [2.45, 2.75) is 18.0 Å². The highest BCUT2D eigenvalue weighted by atomic mass is 32.2. The van der Waals surface area contributed by atoms with E-state index in [0.29, 0.717) is 23.8 Å². The number of benzene rings is 1. The number of rotatable bonds is 6.